The van der Waals surface area contributed by atoms with E-state index < -0.39 is 58.5 Å². The number of methoxy groups -OCH3 is 2. The molecule has 6 atom stereocenters. The summed E-state index contributed by atoms with van der Waals surface area (Å²) in [7, 11) is 2.79. The van der Waals surface area contributed by atoms with Gasteiger partial charge in [0.05, 0.1) is 37.2 Å². The predicted octanol–water partition coefficient (Wildman–Crippen LogP) is 5.84. The molecule has 6 unspecified atom stereocenters. The molecule has 54 heavy (non-hydrogen) atoms. The van der Waals surface area contributed by atoms with Crippen molar-refractivity contribution in [3.63, 3.8) is 0 Å². The van der Waals surface area contributed by atoms with Gasteiger partial charge in [0.1, 0.15) is 11.3 Å². The van der Waals surface area contributed by atoms with E-state index in [4.69, 9.17) is 9.47 Å². The van der Waals surface area contributed by atoms with Crippen molar-refractivity contribution >= 4 is 40.6 Å². The number of carboxylic acids is 1. The minimum Gasteiger partial charge on any atom is -0.507 e. The summed E-state index contributed by atoms with van der Waals surface area (Å²) >= 11 is 0. The number of phenols is 2. The van der Waals surface area contributed by atoms with Crippen LogP contribution in [-0.4, -0.2) is 58.9 Å². The van der Waals surface area contributed by atoms with Crippen LogP contribution in [0, 0.1) is 23.7 Å². The van der Waals surface area contributed by atoms with Gasteiger partial charge >= 0.3 is 5.97 Å². The molecule has 4 aliphatic rings. The van der Waals surface area contributed by atoms with E-state index in [1.54, 1.807) is 36.4 Å². The van der Waals surface area contributed by atoms with Crippen LogP contribution < -0.4 is 14.4 Å². The zero-order valence-electron chi connectivity index (χ0n) is 29.3. The first-order valence-corrected chi connectivity index (χ1v) is 17.5. The average molecular weight is 726 g/mol. The minimum atomic E-state index is -1.51. The van der Waals surface area contributed by atoms with Crippen LogP contribution in [0.1, 0.15) is 45.8 Å². The quantitative estimate of drug-likeness (QED) is 0.156. The number of Topliss-reactive ketones (excluding diaryl/α,β-unsaturated/α-hetero) is 1. The van der Waals surface area contributed by atoms with Crippen LogP contribution in [0.4, 0.5) is 5.69 Å². The molecule has 0 spiro atoms. The molecular weight excluding hydrogens is 690 g/mol. The number of amides is 2. The van der Waals surface area contributed by atoms with Crippen LogP contribution in [0.25, 0.3) is 5.57 Å². The predicted molar refractivity (Wildman–Crippen MR) is 195 cm³/mol. The highest BCUT2D eigenvalue weighted by Crippen LogP contribution is 2.64. The van der Waals surface area contributed by atoms with Crippen molar-refractivity contribution in [1.82, 2.24) is 0 Å². The molecular formula is C43H35NO10. The molecule has 1 saturated carbocycles. The Balaban J connectivity index is 1.36. The number of phenolic OH excluding ortho intramolecular Hbond substituents is 1. The maximum atomic E-state index is 15.2. The molecule has 8 rings (SSSR count). The van der Waals surface area contributed by atoms with Gasteiger partial charge in [-0.3, -0.25) is 19.2 Å². The van der Waals surface area contributed by atoms with Crippen LogP contribution in [0.3, 0.4) is 0 Å². The lowest BCUT2D eigenvalue weighted by Crippen LogP contribution is -2.58. The van der Waals surface area contributed by atoms with E-state index >= 15 is 9.59 Å². The monoisotopic (exact) mass is 725 g/mol. The highest BCUT2D eigenvalue weighted by atomic mass is 16.5. The third kappa shape index (κ3) is 4.91. The Morgan fingerprint density at radius 2 is 1.46 bits per heavy atom. The number of anilines is 1. The second kappa shape index (κ2) is 12.9. The van der Waals surface area contributed by atoms with Crippen molar-refractivity contribution < 1.29 is 48.8 Å². The number of nitrogens with zero attached hydrogens (tertiary/aromatic N) is 1. The summed E-state index contributed by atoms with van der Waals surface area (Å²) in [5, 5.41) is 30.9. The van der Waals surface area contributed by atoms with Gasteiger partial charge in [-0.2, -0.15) is 0 Å². The largest absolute Gasteiger partial charge is 0.507 e. The van der Waals surface area contributed by atoms with Gasteiger partial charge < -0.3 is 24.8 Å². The third-order valence-corrected chi connectivity index (χ3v) is 11.7. The van der Waals surface area contributed by atoms with Gasteiger partial charge in [-0.15, -0.1) is 0 Å². The average Bonchev–Trinajstić information content (AvgIpc) is 3.44. The molecule has 3 N–H and O–H groups in total. The number of carbonyl (C=O) groups is 5. The molecule has 4 aromatic carbocycles. The minimum absolute atomic E-state index is 0.0284. The van der Waals surface area contributed by atoms with E-state index in [2.05, 4.69) is 0 Å². The number of ether oxygens (including phenoxy) is 2. The Kier molecular flexibility index (Phi) is 8.24. The second-order valence-electron chi connectivity index (χ2n) is 14.1. The van der Waals surface area contributed by atoms with Gasteiger partial charge in [0.15, 0.2) is 23.1 Å². The number of hydrogen-bond donors (Lipinski definition) is 3. The van der Waals surface area contributed by atoms with Gasteiger partial charge in [-0.25, -0.2) is 9.69 Å². The molecule has 4 aromatic rings. The number of benzene rings is 4. The summed E-state index contributed by atoms with van der Waals surface area (Å²) in [5.74, 6) is -8.03. The van der Waals surface area contributed by atoms with Gasteiger partial charge in [-0.1, -0.05) is 72.3 Å². The first kappa shape index (κ1) is 34.6. The zero-order chi connectivity index (χ0) is 38.1. The maximum Gasteiger partial charge on any atom is 0.339 e. The standard InChI is InChI=1S/C43H35NO10/c1-53-33-17-23(18-34(54-2)39(33)48)37-26-15-16-28-36(41(50)44(40(28)49)25-13-14-27(42(51)52)32(45)19-25)30(26)20-31-38(47)29(22-9-5-3-6-10-22)21-35(46)43(31,37)24-11-7-4-8-12-24/h3-15,17-19,21,28,30-31,36-37,45,48H,16,20H2,1-2H3,(H,51,52). The van der Waals surface area contributed by atoms with Gasteiger partial charge in [0, 0.05) is 23.5 Å². The maximum absolute atomic E-state index is 15.2. The van der Waals surface area contributed by atoms with E-state index in [0.29, 0.717) is 22.3 Å². The summed E-state index contributed by atoms with van der Waals surface area (Å²) < 4.78 is 11.1. The van der Waals surface area contributed by atoms with Crippen LogP contribution in [0.15, 0.2) is 109 Å². The number of carboxylic acid groups (broad SMARTS) is 1. The van der Waals surface area contributed by atoms with Gasteiger partial charge in [0.25, 0.3) is 0 Å². The fourth-order valence-electron chi connectivity index (χ4n) is 9.42. The molecule has 272 valence electrons. The number of carbonyl (C=O) groups excluding carboxylic acids is 4. The van der Waals surface area contributed by atoms with Crippen LogP contribution in [0.5, 0.6) is 23.0 Å². The number of allylic oxidation sites excluding steroid dienone is 4. The lowest BCUT2D eigenvalue weighted by atomic mass is 9.44. The Labute approximate surface area is 309 Å². The zero-order valence-corrected chi connectivity index (χ0v) is 29.3. The molecule has 0 radical (unpaired) electrons. The van der Waals surface area contributed by atoms with Crippen molar-refractivity contribution in [2.45, 2.75) is 24.2 Å². The normalized spacial score (nSPS) is 26.0. The fourth-order valence-corrected chi connectivity index (χ4v) is 9.42. The van der Waals surface area contributed by atoms with Gasteiger partial charge in [-0.05, 0) is 65.8 Å². The number of aromatic carboxylic acids is 1. The van der Waals surface area contributed by atoms with E-state index in [-0.39, 0.29) is 58.5 Å². The van der Waals surface area contributed by atoms with Crippen molar-refractivity contribution in [3.8, 4) is 23.0 Å². The lowest BCUT2D eigenvalue weighted by Gasteiger charge is -2.55. The molecule has 0 bridgehead atoms. The Hall–Kier alpha value is -6.49. The number of rotatable bonds is 7. The van der Waals surface area contributed by atoms with Crippen LogP contribution >= 0.6 is 0 Å². The Morgan fingerprint density at radius 3 is 2.07 bits per heavy atom. The molecule has 1 saturated heterocycles. The van der Waals surface area contributed by atoms with E-state index in [1.807, 2.05) is 42.5 Å². The Morgan fingerprint density at radius 1 is 0.815 bits per heavy atom. The van der Waals surface area contributed by atoms with Crippen molar-refractivity contribution in [2.24, 2.45) is 23.7 Å². The van der Waals surface area contributed by atoms with E-state index in [0.717, 1.165) is 17.0 Å². The summed E-state index contributed by atoms with van der Waals surface area (Å²) in [6.45, 7) is 0. The van der Waals surface area contributed by atoms with Crippen LogP contribution in [-0.2, 0) is 24.6 Å². The van der Waals surface area contributed by atoms with E-state index in [1.165, 1.54) is 26.4 Å². The summed E-state index contributed by atoms with van der Waals surface area (Å²) in [6.07, 6.45) is 3.53. The summed E-state index contributed by atoms with van der Waals surface area (Å²) in [6, 6.07) is 24.8. The number of hydrogen-bond acceptors (Lipinski definition) is 9. The topological polar surface area (TPSA) is 168 Å². The third-order valence-electron chi connectivity index (χ3n) is 11.7. The van der Waals surface area contributed by atoms with Crippen LogP contribution in [0.2, 0.25) is 0 Å². The summed E-state index contributed by atoms with van der Waals surface area (Å²) in [5.41, 5.74) is 0.756. The SMILES string of the molecule is COc1cc(C2C3=CCC4C(=O)N(c5ccc(C(=O)O)c(O)c5)C(=O)C4C3CC3C(=O)C(c4ccccc4)=CC(=O)C32c2ccccc2)cc(OC)c1O. The second-order valence-corrected chi connectivity index (χ2v) is 14.1. The Bertz CT molecular complexity index is 2310. The molecule has 0 aromatic heterocycles. The molecule has 1 heterocycles. The lowest BCUT2D eigenvalue weighted by molar-refractivity contribution is -0.135. The first-order valence-electron chi connectivity index (χ1n) is 17.5. The van der Waals surface area contributed by atoms with E-state index in [9.17, 15) is 29.7 Å². The molecule has 11 heteroatoms. The number of fused-ring (bicyclic) bond motifs is 4. The molecule has 11 nitrogen and oxygen atoms in total. The first-order chi connectivity index (χ1) is 26.0. The molecule has 2 amide bonds. The number of aromatic hydroxyl groups is 2. The molecule has 2 fully saturated rings. The molecule has 3 aliphatic carbocycles. The van der Waals surface area contributed by atoms with Crippen molar-refractivity contribution in [3.05, 3.63) is 131 Å². The number of ketones is 2. The van der Waals surface area contributed by atoms with Crippen molar-refractivity contribution in [2.75, 3.05) is 19.1 Å². The fraction of sp³-hybridized carbons (Fsp3) is 0.233. The summed E-state index contributed by atoms with van der Waals surface area (Å²) in [4.78, 5) is 71.7. The smallest absolute Gasteiger partial charge is 0.339 e. The highest BCUT2D eigenvalue weighted by molar-refractivity contribution is 6.32. The number of imide groups is 1. The van der Waals surface area contributed by atoms with Gasteiger partial charge in [0.2, 0.25) is 17.6 Å². The molecule has 1 aliphatic heterocycles. The highest BCUT2D eigenvalue weighted by Gasteiger charge is 2.66. The van der Waals surface area contributed by atoms with Crippen molar-refractivity contribution in [1.29, 1.82) is 0 Å².